The van der Waals surface area contributed by atoms with Crippen LogP contribution in [0.2, 0.25) is 0 Å². The molecule has 0 aliphatic heterocycles. The summed E-state index contributed by atoms with van der Waals surface area (Å²) in [7, 11) is 2.12. The van der Waals surface area contributed by atoms with Crippen LogP contribution in [-0.4, -0.2) is 7.05 Å². The number of hydrogen-bond donors (Lipinski definition) is 1. The van der Waals surface area contributed by atoms with Crippen molar-refractivity contribution in [2.75, 3.05) is 7.05 Å². The average molecular weight is 227 g/mol. The van der Waals surface area contributed by atoms with E-state index in [2.05, 4.69) is 55.7 Å². The first kappa shape index (κ1) is 11.0. The van der Waals surface area contributed by atoms with E-state index in [0.29, 0.717) is 5.92 Å². The molecule has 17 heavy (non-hydrogen) atoms. The maximum absolute atomic E-state index is 3.64. The summed E-state index contributed by atoms with van der Waals surface area (Å²) in [5, 5.41) is 3.64. The minimum Gasteiger partial charge on any atom is -0.310 e. The monoisotopic (exact) mass is 227 g/mol. The fourth-order valence-electron chi connectivity index (χ4n) is 3.85. The summed E-state index contributed by atoms with van der Waals surface area (Å²) in [6.45, 7) is 2.37. The molecule has 0 unspecified atom stereocenters. The van der Waals surface area contributed by atoms with E-state index >= 15 is 0 Å². The topological polar surface area (TPSA) is 12.0 Å². The van der Waals surface area contributed by atoms with E-state index in [4.69, 9.17) is 0 Å². The molecule has 0 radical (unpaired) electrons. The molecule has 0 heterocycles. The van der Waals surface area contributed by atoms with E-state index in [9.17, 15) is 0 Å². The van der Waals surface area contributed by atoms with Crippen molar-refractivity contribution in [3.63, 3.8) is 0 Å². The third-order valence-corrected chi connectivity index (χ3v) is 4.78. The lowest BCUT2D eigenvalue weighted by atomic mass is 9.62. The van der Waals surface area contributed by atoms with Gasteiger partial charge in [0.1, 0.15) is 0 Å². The van der Waals surface area contributed by atoms with Gasteiger partial charge in [0.15, 0.2) is 0 Å². The number of hydrogen-bond acceptors (Lipinski definition) is 1. The maximum Gasteiger partial charge on any atom is 0.0501 e. The molecule has 2 aliphatic carbocycles. The molecule has 3 atom stereocenters. The zero-order valence-electron chi connectivity index (χ0n) is 10.7. The van der Waals surface area contributed by atoms with Crippen molar-refractivity contribution in [3.05, 3.63) is 47.5 Å². The zero-order valence-corrected chi connectivity index (χ0v) is 10.7. The van der Waals surface area contributed by atoms with Crippen LogP contribution in [0.1, 0.15) is 43.2 Å². The Morgan fingerprint density at radius 1 is 1.24 bits per heavy atom. The van der Waals surface area contributed by atoms with Crippen LogP contribution in [0.3, 0.4) is 0 Å². The van der Waals surface area contributed by atoms with Crippen LogP contribution in [0.25, 0.3) is 0 Å². The molecule has 0 fully saturated rings. The van der Waals surface area contributed by atoms with Crippen molar-refractivity contribution >= 4 is 0 Å². The lowest BCUT2D eigenvalue weighted by Crippen LogP contribution is -2.50. The van der Waals surface area contributed by atoms with E-state index < -0.39 is 0 Å². The molecule has 1 heteroatoms. The Morgan fingerprint density at radius 3 is 2.88 bits per heavy atom. The van der Waals surface area contributed by atoms with E-state index in [-0.39, 0.29) is 5.54 Å². The van der Waals surface area contributed by atoms with E-state index in [0.717, 1.165) is 12.3 Å². The highest BCUT2D eigenvalue weighted by Crippen LogP contribution is 2.49. The lowest BCUT2D eigenvalue weighted by Gasteiger charge is -2.48. The average Bonchev–Trinajstić information content (AvgIpc) is 2.39. The third kappa shape index (κ3) is 1.49. The van der Waals surface area contributed by atoms with Gasteiger partial charge >= 0.3 is 0 Å². The minimum absolute atomic E-state index is 0.192. The van der Waals surface area contributed by atoms with Gasteiger partial charge in [-0.3, -0.25) is 0 Å². The molecule has 1 aromatic rings. The molecule has 0 saturated heterocycles. The van der Waals surface area contributed by atoms with Crippen LogP contribution in [-0.2, 0) is 5.54 Å². The van der Waals surface area contributed by atoms with E-state index in [1.54, 1.807) is 5.56 Å². The fourth-order valence-corrected chi connectivity index (χ4v) is 3.85. The predicted octanol–water partition coefficient (Wildman–Crippen LogP) is 3.57. The van der Waals surface area contributed by atoms with Crippen LogP contribution in [0.5, 0.6) is 0 Å². The molecule has 0 bridgehead atoms. The molecule has 90 valence electrons. The molecule has 0 saturated carbocycles. The van der Waals surface area contributed by atoms with Gasteiger partial charge in [-0.2, -0.15) is 0 Å². The summed E-state index contributed by atoms with van der Waals surface area (Å²) in [6, 6.07) is 9.00. The number of fused-ring (bicyclic) bond motifs is 3. The van der Waals surface area contributed by atoms with Gasteiger partial charge < -0.3 is 5.32 Å². The first-order valence-electron chi connectivity index (χ1n) is 6.71. The van der Waals surface area contributed by atoms with E-state index in [1.807, 2.05) is 0 Å². The molecule has 2 aliphatic rings. The van der Waals surface area contributed by atoms with Crippen LogP contribution in [0, 0.1) is 5.92 Å². The van der Waals surface area contributed by atoms with Crippen molar-refractivity contribution in [1.29, 1.82) is 0 Å². The predicted molar refractivity (Wildman–Crippen MR) is 72.1 cm³/mol. The molecule has 1 N–H and O–H groups in total. The summed E-state index contributed by atoms with van der Waals surface area (Å²) in [5.74, 6) is 1.45. The Labute approximate surface area is 104 Å². The van der Waals surface area contributed by atoms with Crippen molar-refractivity contribution in [3.8, 4) is 0 Å². The normalized spacial score (nSPS) is 35.2. The van der Waals surface area contributed by atoms with Crippen molar-refractivity contribution in [2.24, 2.45) is 5.92 Å². The van der Waals surface area contributed by atoms with Gasteiger partial charge in [-0.05, 0) is 49.3 Å². The van der Waals surface area contributed by atoms with Crippen LogP contribution < -0.4 is 5.32 Å². The Hall–Kier alpha value is -1.08. The second-order valence-corrected chi connectivity index (χ2v) is 5.55. The standard InChI is InChI=1S/C16H21N/c1-12-11-13-7-5-6-10-16(13,17-2)15-9-4-3-8-14(12)15/h3-6,8-9,12-13,17H,7,10-11H2,1-2H3/t12-,13+,16+/m0/s1. The number of nitrogens with one attached hydrogen (secondary N) is 1. The Morgan fingerprint density at radius 2 is 2.06 bits per heavy atom. The number of allylic oxidation sites excluding steroid dienone is 1. The molecular weight excluding hydrogens is 206 g/mol. The second-order valence-electron chi connectivity index (χ2n) is 5.55. The van der Waals surface area contributed by atoms with Gasteiger partial charge in [0.05, 0.1) is 5.54 Å². The Kier molecular flexibility index (Phi) is 2.59. The van der Waals surface area contributed by atoms with Gasteiger partial charge in [-0.25, -0.2) is 0 Å². The van der Waals surface area contributed by atoms with Gasteiger partial charge in [-0.15, -0.1) is 0 Å². The summed E-state index contributed by atoms with van der Waals surface area (Å²) in [5.41, 5.74) is 3.28. The van der Waals surface area contributed by atoms with Crippen LogP contribution >= 0.6 is 0 Å². The molecule has 0 spiro atoms. The van der Waals surface area contributed by atoms with Crippen LogP contribution in [0.4, 0.5) is 0 Å². The van der Waals surface area contributed by atoms with Gasteiger partial charge in [0.25, 0.3) is 0 Å². The van der Waals surface area contributed by atoms with E-state index in [1.165, 1.54) is 18.4 Å². The molecule has 0 aromatic heterocycles. The maximum atomic E-state index is 3.64. The van der Waals surface area contributed by atoms with Crippen molar-refractivity contribution < 1.29 is 0 Å². The lowest BCUT2D eigenvalue weighted by molar-refractivity contribution is 0.175. The Bertz CT molecular complexity index is 449. The van der Waals surface area contributed by atoms with Crippen molar-refractivity contribution in [1.82, 2.24) is 5.32 Å². The summed E-state index contributed by atoms with van der Waals surface area (Å²) >= 11 is 0. The molecule has 1 aromatic carbocycles. The molecule has 1 nitrogen and oxygen atoms in total. The molecule has 0 amide bonds. The highest BCUT2D eigenvalue weighted by molar-refractivity contribution is 5.41. The number of rotatable bonds is 1. The Balaban J connectivity index is 2.18. The van der Waals surface area contributed by atoms with Gasteiger partial charge in [-0.1, -0.05) is 43.3 Å². The van der Waals surface area contributed by atoms with Crippen LogP contribution in [0.15, 0.2) is 36.4 Å². The largest absolute Gasteiger partial charge is 0.310 e. The summed E-state index contributed by atoms with van der Waals surface area (Å²) in [4.78, 5) is 0. The van der Waals surface area contributed by atoms with Gasteiger partial charge in [0, 0.05) is 0 Å². The summed E-state index contributed by atoms with van der Waals surface area (Å²) in [6.07, 6.45) is 8.38. The zero-order chi connectivity index (χ0) is 11.9. The summed E-state index contributed by atoms with van der Waals surface area (Å²) < 4.78 is 0. The highest BCUT2D eigenvalue weighted by Gasteiger charge is 2.44. The second kappa shape index (κ2) is 3.99. The molecule has 3 rings (SSSR count). The SMILES string of the molecule is CN[C@]12CC=CC[C@@H]1C[C@H](C)c1ccccc12. The highest BCUT2D eigenvalue weighted by atomic mass is 15.0. The quantitative estimate of drug-likeness (QED) is 0.723. The smallest absolute Gasteiger partial charge is 0.0501 e. The first-order valence-corrected chi connectivity index (χ1v) is 6.71. The van der Waals surface area contributed by atoms with Gasteiger partial charge in [0.2, 0.25) is 0 Å². The molecular formula is C16H21N. The number of benzene rings is 1. The fraction of sp³-hybridized carbons (Fsp3) is 0.500. The first-order chi connectivity index (χ1) is 8.28. The van der Waals surface area contributed by atoms with Crippen molar-refractivity contribution in [2.45, 2.75) is 37.6 Å². The minimum atomic E-state index is 0.192. The third-order valence-electron chi connectivity index (χ3n) is 4.78.